The number of benzene rings is 2. The largest absolute Gasteiger partial charge is 0.477 e. The van der Waals surface area contributed by atoms with Gasteiger partial charge in [0.2, 0.25) is 0 Å². The maximum atomic E-state index is 12.0. The molecule has 0 saturated heterocycles. The summed E-state index contributed by atoms with van der Waals surface area (Å²) in [5.74, 6) is 0.828. The SMILES string of the molecule is CCCc1cc(=O)oc2c(C)c3c(cc12)CN(Cc1ccccc1Cl)CO3. The van der Waals surface area contributed by atoms with Crippen LogP contribution in [-0.2, 0) is 19.5 Å². The molecule has 0 unspecified atom stereocenters. The molecule has 2 heterocycles. The Morgan fingerprint density at radius 3 is 2.78 bits per heavy atom. The first-order chi connectivity index (χ1) is 13.1. The minimum Gasteiger partial charge on any atom is -0.477 e. The van der Waals surface area contributed by atoms with Gasteiger partial charge < -0.3 is 9.15 Å². The van der Waals surface area contributed by atoms with Crippen LogP contribution < -0.4 is 10.4 Å². The topological polar surface area (TPSA) is 42.7 Å². The Bertz CT molecular complexity index is 1060. The maximum absolute atomic E-state index is 12.0. The van der Waals surface area contributed by atoms with Gasteiger partial charge in [-0.15, -0.1) is 0 Å². The molecule has 1 aromatic heterocycles. The minimum absolute atomic E-state index is 0.301. The Labute approximate surface area is 163 Å². The molecule has 1 aliphatic heterocycles. The van der Waals surface area contributed by atoms with E-state index in [-0.39, 0.29) is 5.63 Å². The quantitative estimate of drug-likeness (QED) is 0.590. The van der Waals surface area contributed by atoms with Gasteiger partial charge in [0, 0.05) is 40.7 Å². The van der Waals surface area contributed by atoms with E-state index in [2.05, 4.69) is 17.9 Å². The molecular formula is C22H22ClNO3. The van der Waals surface area contributed by atoms with Gasteiger partial charge in [0.25, 0.3) is 0 Å². The average Bonchev–Trinajstić information content (AvgIpc) is 2.65. The fourth-order valence-electron chi connectivity index (χ4n) is 3.78. The standard InChI is InChI=1S/C22H22ClNO3/c1-3-6-15-10-20(25)27-22-14(2)21-17(9-18(15)22)12-24(13-26-21)11-16-7-4-5-8-19(16)23/h4-5,7-10H,3,6,11-13H2,1-2H3. The molecule has 27 heavy (non-hydrogen) atoms. The first-order valence-corrected chi connectivity index (χ1v) is 9.62. The van der Waals surface area contributed by atoms with Crippen molar-refractivity contribution in [3.63, 3.8) is 0 Å². The number of fused-ring (bicyclic) bond motifs is 2. The number of hydrogen-bond donors (Lipinski definition) is 0. The molecule has 0 saturated carbocycles. The van der Waals surface area contributed by atoms with Gasteiger partial charge in [0.15, 0.2) is 0 Å². The summed E-state index contributed by atoms with van der Waals surface area (Å²) in [5, 5.41) is 1.78. The van der Waals surface area contributed by atoms with E-state index in [0.29, 0.717) is 12.3 Å². The Morgan fingerprint density at radius 1 is 1.19 bits per heavy atom. The lowest BCUT2D eigenvalue weighted by Gasteiger charge is -2.30. The summed E-state index contributed by atoms with van der Waals surface area (Å²) in [5.41, 5.74) is 4.48. The fraction of sp³-hybridized carbons (Fsp3) is 0.318. The molecule has 0 fully saturated rings. The van der Waals surface area contributed by atoms with Crippen molar-refractivity contribution in [3.8, 4) is 5.75 Å². The number of nitrogens with zero attached hydrogens (tertiary/aromatic N) is 1. The first-order valence-electron chi connectivity index (χ1n) is 9.24. The number of rotatable bonds is 4. The van der Waals surface area contributed by atoms with Crippen LogP contribution in [0.1, 0.15) is 35.6 Å². The molecule has 0 amide bonds. The highest BCUT2D eigenvalue weighted by Crippen LogP contribution is 2.36. The molecule has 0 spiro atoms. The molecule has 3 aromatic rings. The van der Waals surface area contributed by atoms with E-state index in [1.165, 1.54) is 0 Å². The zero-order valence-electron chi connectivity index (χ0n) is 15.5. The van der Waals surface area contributed by atoms with E-state index in [1.54, 1.807) is 6.07 Å². The van der Waals surface area contributed by atoms with E-state index in [1.807, 2.05) is 31.2 Å². The molecule has 2 aromatic carbocycles. The number of halogens is 1. The molecule has 0 aliphatic carbocycles. The van der Waals surface area contributed by atoms with E-state index >= 15 is 0 Å². The van der Waals surface area contributed by atoms with Gasteiger partial charge in [-0.25, -0.2) is 4.79 Å². The van der Waals surface area contributed by atoms with Gasteiger partial charge in [-0.05, 0) is 36.6 Å². The molecular weight excluding hydrogens is 362 g/mol. The van der Waals surface area contributed by atoms with Gasteiger partial charge >= 0.3 is 5.63 Å². The highest BCUT2D eigenvalue weighted by molar-refractivity contribution is 6.31. The van der Waals surface area contributed by atoms with Gasteiger partial charge in [-0.1, -0.05) is 43.1 Å². The monoisotopic (exact) mass is 383 g/mol. The average molecular weight is 384 g/mol. The van der Waals surface area contributed by atoms with Crippen LogP contribution in [0.4, 0.5) is 0 Å². The highest BCUT2D eigenvalue weighted by atomic mass is 35.5. The van der Waals surface area contributed by atoms with Crippen LogP contribution >= 0.6 is 11.6 Å². The summed E-state index contributed by atoms with van der Waals surface area (Å²) in [6, 6.07) is 11.6. The number of hydrogen-bond acceptors (Lipinski definition) is 4. The van der Waals surface area contributed by atoms with Crippen LogP contribution in [0, 0.1) is 6.92 Å². The van der Waals surface area contributed by atoms with Crippen LogP contribution in [0.5, 0.6) is 5.75 Å². The van der Waals surface area contributed by atoms with E-state index in [4.69, 9.17) is 20.8 Å². The molecule has 0 N–H and O–H groups in total. The predicted molar refractivity (Wildman–Crippen MR) is 107 cm³/mol. The van der Waals surface area contributed by atoms with Gasteiger partial charge in [0.05, 0.1) is 0 Å². The van der Waals surface area contributed by atoms with Crippen molar-refractivity contribution in [2.75, 3.05) is 6.73 Å². The van der Waals surface area contributed by atoms with Crippen LogP contribution in [0.15, 0.2) is 45.6 Å². The lowest BCUT2D eigenvalue weighted by atomic mass is 9.98. The highest BCUT2D eigenvalue weighted by Gasteiger charge is 2.23. The van der Waals surface area contributed by atoms with Crippen LogP contribution in [0.25, 0.3) is 11.0 Å². The molecule has 5 heteroatoms. The second kappa shape index (κ2) is 7.37. The molecule has 1 aliphatic rings. The van der Waals surface area contributed by atoms with Gasteiger partial charge in [0.1, 0.15) is 18.1 Å². The molecule has 0 atom stereocenters. The van der Waals surface area contributed by atoms with Crippen molar-refractivity contribution in [2.24, 2.45) is 0 Å². The van der Waals surface area contributed by atoms with Crippen LogP contribution in [0.3, 0.4) is 0 Å². The fourth-order valence-corrected chi connectivity index (χ4v) is 3.97. The molecule has 0 bridgehead atoms. The van der Waals surface area contributed by atoms with Crippen molar-refractivity contribution >= 4 is 22.6 Å². The second-order valence-corrected chi connectivity index (χ2v) is 7.47. The Hall–Kier alpha value is -2.30. The lowest BCUT2D eigenvalue weighted by Crippen LogP contribution is -2.32. The summed E-state index contributed by atoms with van der Waals surface area (Å²) < 4.78 is 11.6. The molecule has 4 rings (SSSR count). The van der Waals surface area contributed by atoms with Crippen LogP contribution in [-0.4, -0.2) is 11.6 Å². The first kappa shape index (κ1) is 18.1. The zero-order valence-corrected chi connectivity index (χ0v) is 16.3. The third kappa shape index (κ3) is 3.47. The molecule has 140 valence electrons. The van der Waals surface area contributed by atoms with Crippen molar-refractivity contribution < 1.29 is 9.15 Å². The summed E-state index contributed by atoms with van der Waals surface area (Å²) >= 11 is 6.31. The summed E-state index contributed by atoms with van der Waals surface area (Å²) in [7, 11) is 0. The molecule has 0 radical (unpaired) electrons. The van der Waals surface area contributed by atoms with Crippen molar-refractivity contribution in [2.45, 2.75) is 39.8 Å². The summed E-state index contributed by atoms with van der Waals surface area (Å²) in [4.78, 5) is 14.2. The maximum Gasteiger partial charge on any atom is 0.336 e. The Kier molecular flexibility index (Phi) is 4.94. The van der Waals surface area contributed by atoms with Crippen molar-refractivity contribution in [1.82, 2.24) is 4.90 Å². The third-order valence-electron chi connectivity index (χ3n) is 5.03. The zero-order chi connectivity index (χ0) is 19.0. The second-order valence-electron chi connectivity index (χ2n) is 7.06. The smallest absolute Gasteiger partial charge is 0.336 e. The van der Waals surface area contributed by atoms with E-state index in [9.17, 15) is 4.79 Å². The minimum atomic E-state index is -0.301. The number of aryl methyl sites for hydroxylation is 2. The van der Waals surface area contributed by atoms with Crippen LogP contribution in [0.2, 0.25) is 5.02 Å². The Morgan fingerprint density at radius 2 is 2.00 bits per heavy atom. The van der Waals surface area contributed by atoms with Gasteiger partial charge in [-0.3, -0.25) is 4.90 Å². The summed E-state index contributed by atoms with van der Waals surface area (Å²) in [6.45, 7) is 6.04. The molecule has 4 nitrogen and oxygen atoms in total. The number of ether oxygens (including phenoxy) is 1. The van der Waals surface area contributed by atoms with E-state index < -0.39 is 0 Å². The van der Waals surface area contributed by atoms with E-state index in [0.717, 1.165) is 64.3 Å². The third-order valence-corrected chi connectivity index (χ3v) is 5.40. The Balaban J connectivity index is 1.72. The van der Waals surface area contributed by atoms with Crippen molar-refractivity contribution in [3.05, 3.63) is 74.1 Å². The summed E-state index contributed by atoms with van der Waals surface area (Å²) in [6.07, 6.45) is 1.83. The van der Waals surface area contributed by atoms with Crippen molar-refractivity contribution in [1.29, 1.82) is 0 Å². The lowest BCUT2D eigenvalue weighted by molar-refractivity contribution is 0.0881. The normalized spacial score (nSPS) is 14.2. The van der Waals surface area contributed by atoms with Gasteiger partial charge in [-0.2, -0.15) is 0 Å². The predicted octanol–water partition coefficient (Wildman–Crippen LogP) is 5.06.